The number of benzene rings is 1. The number of halogens is 1. The van der Waals surface area contributed by atoms with Crippen LogP contribution < -0.4 is 0 Å². The van der Waals surface area contributed by atoms with Crippen molar-refractivity contribution in [3.63, 3.8) is 0 Å². The SMILES string of the molecule is CN1CCN(CCCc2cc([N+](=O)[O-])ccc2F)CC1. The zero-order valence-electron chi connectivity index (χ0n) is 11.7. The fourth-order valence-electron chi connectivity index (χ4n) is 2.43. The molecule has 0 unspecified atom stereocenters. The van der Waals surface area contributed by atoms with Crippen molar-refractivity contribution in [2.45, 2.75) is 12.8 Å². The van der Waals surface area contributed by atoms with Gasteiger partial charge in [0.15, 0.2) is 0 Å². The van der Waals surface area contributed by atoms with Crippen molar-refractivity contribution in [3.8, 4) is 0 Å². The summed E-state index contributed by atoms with van der Waals surface area (Å²) in [7, 11) is 2.11. The molecule has 5 nitrogen and oxygen atoms in total. The third kappa shape index (κ3) is 3.98. The van der Waals surface area contributed by atoms with E-state index in [-0.39, 0.29) is 11.5 Å². The molecule has 2 rings (SSSR count). The van der Waals surface area contributed by atoms with Crippen molar-refractivity contribution in [1.29, 1.82) is 0 Å². The summed E-state index contributed by atoms with van der Waals surface area (Å²) in [5, 5.41) is 10.7. The lowest BCUT2D eigenvalue weighted by molar-refractivity contribution is -0.385. The monoisotopic (exact) mass is 281 g/mol. The van der Waals surface area contributed by atoms with E-state index >= 15 is 0 Å². The van der Waals surface area contributed by atoms with E-state index in [1.54, 1.807) is 0 Å². The van der Waals surface area contributed by atoms with Gasteiger partial charge >= 0.3 is 0 Å². The fraction of sp³-hybridized carbons (Fsp3) is 0.571. The number of piperazine rings is 1. The highest BCUT2D eigenvalue weighted by Crippen LogP contribution is 2.18. The second kappa shape index (κ2) is 6.76. The minimum absolute atomic E-state index is 0.0407. The molecule has 1 heterocycles. The van der Waals surface area contributed by atoms with E-state index in [1.807, 2.05) is 0 Å². The van der Waals surface area contributed by atoms with Crippen LogP contribution in [0.4, 0.5) is 10.1 Å². The Morgan fingerprint density at radius 3 is 2.65 bits per heavy atom. The Morgan fingerprint density at radius 2 is 2.00 bits per heavy atom. The maximum atomic E-state index is 13.6. The summed E-state index contributed by atoms with van der Waals surface area (Å²) in [4.78, 5) is 14.8. The minimum atomic E-state index is -0.483. The second-order valence-electron chi connectivity index (χ2n) is 5.28. The number of hydrogen-bond donors (Lipinski definition) is 0. The number of non-ortho nitro benzene ring substituents is 1. The molecule has 1 saturated heterocycles. The smallest absolute Gasteiger partial charge is 0.269 e. The van der Waals surface area contributed by atoms with Gasteiger partial charge in [0.2, 0.25) is 0 Å². The van der Waals surface area contributed by atoms with Crippen LogP contribution >= 0.6 is 0 Å². The quantitative estimate of drug-likeness (QED) is 0.611. The Bertz CT molecular complexity index is 473. The van der Waals surface area contributed by atoms with Crippen LogP contribution in [0.15, 0.2) is 18.2 Å². The molecular weight excluding hydrogens is 261 g/mol. The number of hydrogen-bond acceptors (Lipinski definition) is 4. The summed E-state index contributed by atoms with van der Waals surface area (Å²) in [5.74, 6) is -0.353. The van der Waals surface area contributed by atoms with Crippen LogP contribution in [0.2, 0.25) is 0 Å². The average Bonchev–Trinajstić information content (AvgIpc) is 2.43. The third-order valence-corrected chi connectivity index (χ3v) is 3.76. The van der Waals surface area contributed by atoms with E-state index in [1.165, 1.54) is 18.2 Å². The molecule has 1 aliphatic heterocycles. The van der Waals surface area contributed by atoms with Crippen LogP contribution in [0, 0.1) is 15.9 Å². The fourth-order valence-corrected chi connectivity index (χ4v) is 2.43. The summed E-state index contributed by atoms with van der Waals surface area (Å²) in [5.41, 5.74) is 0.398. The largest absolute Gasteiger partial charge is 0.304 e. The Morgan fingerprint density at radius 1 is 1.30 bits per heavy atom. The second-order valence-corrected chi connectivity index (χ2v) is 5.28. The Labute approximate surface area is 118 Å². The Kier molecular flexibility index (Phi) is 5.03. The normalized spacial score (nSPS) is 17.3. The maximum absolute atomic E-state index is 13.6. The number of nitro benzene ring substituents is 1. The van der Waals surface area contributed by atoms with E-state index in [0.717, 1.165) is 39.1 Å². The number of aryl methyl sites for hydroxylation is 1. The lowest BCUT2D eigenvalue weighted by Gasteiger charge is -2.32. The van der Waals surface area contributed by atoms with Gasteiger partial charge in [-0.1, -0.05) is 0 Å². The zero-order valence-corrected chi connectivity index (χ0v) is 11.7. The molecule has 110 valence electrons. The van der Waals surface area contributed by atoms with Crippen molar-refractivity contribution >= 4 is 5.69 Å². The first-order valence-electron chi connectivity index (χ1n) is 6.90. The van der Waals surface area contributed by atoms with E-state index in [0.29, 0.717) is 12.0 Å². The highest BCUT2D eigenvalue weighted by Gasteiger charge is 2.14. The third-order valence-electron chi connectivity index (χ3n) is 3.76. The van der Waals surface area contributed by atoms with Crippen LogP contribution in [0.5, 0.6) is 0 Å². The maximum Gasteiger partial charge on any atom is 0.269 e. The number of nitro groups is 1. The highest BCUT2D eigenvalue weighted by atomic mass is 19.1. The predicted molar refractivity (Wildman–Crippen MR) is 75.3 cm³/mol. The standard InChI is InChI=1S/C14H20FN3O2/c1-16-7-9-17(10-8-16)6-2-3-12-11-13(18(19)20)4-5-14(12)15/h4-5,11H,2-3,6-10H2,1H3. The average molecular weight is 281 g/mol. The molecule has 0 atom stereocenters. The van der Waals surface area contributed by atoms with Gasteiger partial charge in [-0.15, -0.1) is 0 Å². The van der Waals surface area contributed by atoms with Gasteiger partial charge in [-0.05, 0) is 38.1 Å². The molecule has 0 saturated carbocycles. The molecule has 0 bridgehead atoms. The van der Waals surface area contributed by atoms with Gasteiger partial charge in [0.25, 0.3) is 5.69 Å². The molecule has 1 aromatic carbocycles. The molecule has 0 radical (unpaired) electrons. The van der Waals surface area contributed by atoms with Gasteiger partial charge in [0, 0.05) is 38.3 Å². The Hall–Kier alpha value is -1.53. The highest BCUT2D eigenvalue weighted by molar-refractivity contribution is 5.35. The molecule has 0 spiro atoms. The molecule has 6 heteroatoms. The van der Waals surface area contributed by atoms with E-state index in [2.05, 4.69) is 16.8 Å². The van der Waals surface area contributed by atoms with Crippen LogP contribution in [0.3, 0.4) is 0 Å². The summed E-state index contributed by atoms with van der Waals surface area (Å²) >= 11 is 0. The van der Waals surface area contributed by atoms with Crippen molar-refractivity contribution in [2.24, 2.45) is 0 Å². The van der Waals surface area contributed by atoms with Gasteiger partial charge in [0.05, 0.1) is 4.92 Å². The molecular formula is C14H20FN3O2. The molecule has 0 aliphatic carbocycles. The summed E-state index contributed by atoms with van der Waals surface area (Å²) in [6.07, 6.45) is 1.36. The number of nitrogens with zero attached hydrogens (tertiary/aromatic N) is 3. The van der Waals surface area contributed by atoms with Crippen molar-refractivity contribution in [3.05, 3.63) is 39.7 Å². The molecule has 0 aromatic heterocycles. The summed E-state index contributed by atoms with van der Waals surface area (Å²) in [6.45, 7) is 5.11. The van der Waals surface area contributed by atoms with Crippen molar-refractivity contribution < 1.29 is 9.31 Å². The lowest BCUT2D eigenvalue weighted by atomic mass is 10.1. The topological polar surface area (TPSA) is 49.6 Å². The van der Waals surface area contributed by atoms with Gasteiger partial charge in [-0.25, -0.2) is 4.39 Å². The molecule has 20 heavy (non-hydrogen) atoms. The van der Waals surface area contributed by atoms with Crippen LogP contribution in [-0.2, 0) is 6.42 Å². The lowest BCUT2D eigenvalue weighted by Crippen LogP contribution is -2.44. The van der Waals surface area contributed by atoms with E-state index in [9.17, 15) is 14.5 Å². The van der Waals surface area contributed by atoms with E-state index in [4.69, 9.17) is 0 Å². The Balaban J connectivity index is 1.84. The number of likely N-dealkylation sites (N-methyl/N-ethyl adjacent to an activating group) is 1. The zero-order chi connectivity index (χ0) is 14.5. The van der Waals surface area contributed by atoms with Crippen LogP contribution in [0.1, 0.15) is 12.0 Å². The summed E-state index contributed by atoms with van der Waals surface area (Å²) < 4.78 is 13.6. The van der Waals surface area contributed by atoms with Gasteiger partial charge in [0.1, 0.15) is 5.82 Å². The van der Waals surface area contributed by atoms with Crippen molar-refractivity contribution in [1.82, 2.24) is 9.80 Å². The van der Waals surface area contributed by atoms with Gasteiger partial charge < -0.3 is 9.80 Å². The predicted octanol–water partition coefficient (Wildman–Crippen LogP) is 1.91. The summed E-state index contributed by atoms with van der Waals surface area (Å²) in [6, 6.07) is 3.74. The van der Waals surface area contributed by atoms with Crippen LogP contribution in [0.25, 0.3) is 0 Å². The van der Waals surface area contributed by atoms with Gasteiger partial charge in [-0.2, -0.15) is 0 Å². The first-order valence-corrected chi connectivity index (χ1v) is 6.90. The molecule has 1 aliphatic rings. The molecule has 1 aromatic rings. The van der Waals surface area contributed by atoms with Crippen molar-refractivity contribution in [2.75, 3.05) is 39.8 Å². The van der Waals surface area contributed by atoms with E-state index < -0.39 is 4.92 Å². The first kappa shape index (κ1) is 14.9. The minimum Gasteiger partial charge on any atom is -0.304 e. The van der Waals surface area contributed by atoms with Gasteiger partial charge in [-0.3, -0.25) is 10.1 Å². The number of rotatable bonds is 5. The molecule has 1 fully saturated rings. The van der Waals surface area contributed by atoms with Crippen LogP contribution in [-0.4, -0.2) is 54.5 Å². The first-order chi connectivity index (χ1) is 9.56. The molecule has 0 amide bonds. The molecule has 0 N–H and O–H groups in total.